The summed E-state index contributed by atoms with van der Waals surface area (Å²) >= 11 is 1.56. The Morgan fingerprint density at radius 3 is 2.75 bits per heavy atom. The van der Waals surface area contributed by atoms with E-state index in [1.807, 2.05) is 6.92 Å². The topological polar surface area (TPSA) is 75.8 Å². The molecule has 0 saturated heterocycles. The lowest BCUT2D eigenvalue weighted by molar-refractivity contribution is -0.384. The number of carbonyl (C=O) groups is 1. The monoisotopic (exact) mass is 293 g/mol. The van der Waals surface area contributed by atoms with Crippen LogP contribution in [-0.4, -0.2) is 39.7 Å². The Morgan fingerprint density at radius 1 is 1.45 bits per heavy atom. The maximum Gasteiger partial charge on any atom is 0.269 e. The summed E-state index contributed by atoms with van der Waals surface area (Å²) in [6.07, 6.45) is 0.237. The van der Waals surface area contributed by atoms with Gasteiger partial charge in [0, 0.05) is 18.7 Å². The Kier molecular flexibility index (Phi) is 4.73. The number of benzene rings is 1. The summed E-state index contributed by atoms with van der Waals surface area (Å²) in [5.41, 5.74) is 0.805. The van der Waals surface area contributed by atoms with Gasteiger partial charge in [-0.1, -0.05) is 30.8 Å². The largest absolute Gasteiger partial charge is 0.289 e. The molecule has 106 valence electrons. The molecule has 20 heavy (non-hydrogen) atoms. The van der Waals surface area contributed by atoms with E-state index >= 15 is 0 Å². The van der Waals surface area contributed by atoms with Crippen molar-refractivity contribution in [2.45, 2.75) is 13.3 Å². The van der Waals surface area contributed by atoms with Crippen LogP contribution in [-0.2, 0) is 11.2 Å². The van der Waals surface area contributed by atoms with Gasteiger partial charge in [0.25, 0.3) is 5.69 Å². The molecule has 0 unspecified atom stereocenters. The van der Waals surface area contributed by atoms with E-state index in [2.05, 4.69) is 4.99 Å². The van der Waals surface area contributed by atoms with Crippen LogP contribution in [0.25, 0.3) is 0 Å². The number of amidine groups is 1. The van der Waals surface area contributed by atoms with Crippen molar-refractivity contribution in [2.75, 3.05) is 18.8 Å². The second-order valence-electron chi connectivity index (χ2n) is 4.24. The van der Waals surface area contributed by atoms with Crippen LogP contribution < -0.4 is 0 Å². The highest BCUT2D eigenvalue weighted by Crippen LogP contribution is 2.17. The van der Waals surface area contributed by atoms with Gasteiger partial charge in [0.05, 0.1) is 17.9 Å². The van der Waals surface area contributed by atoms with E-state index in [1.54, 1.807) is 28.8 Å². The molecule has 0 bridgehead atoms. The predicted octanol–water partition coefficient (Wildman–Crippen LogP) is 2.09. The van der Waals surface area contributed by atoms with E-state index < -0.39 is 4.92 Å². The molecule has 1 aromatic rings. The number of amides is 1. The number of aliphatic imine (C=N–C) groups is 1. The Balaban J connectivity index is 2.01. The molecule has 0 N–H and O–H groups in total. The van der Waals surface area contributed by atoms with Crippen LogP contribution in [0, 0.1) is 10.1 Å². The molecule has 1 aliphatic rings. The highest BCUT2D eigenvalue weighted by Gasteiger charge is 2.23. The van der Waals surface area contributed by atoms with Gasteiger partial charge < -0.3 is 0 Å². The van der Waals surface area contributed by atoms with E-state index in [-0.39, 0.29) is 18.0 Å². The maximum absolute atomic E-state index is 12.2. The van der Waals surface area contributed by atoms with Crippen molar-refractivity contribution >= 4 is 28.5 Å². The molecular weight excluding hydrogens is 278 g/mol. The normalized spacial score (nSPS) is 14.2. The number of hydrogen-bond acceptors (Lipinski definition) is 5. The van der Waals surface area contributed by atoms with Gasteiger partial charge in [-0.25, -0.2) is 0 Å². The zero-order valence-electron chi connectivity index (χ0n) is 11.1. The van der Waals surface area contributed by atoms with Gasteiger partial charge in [-0.3, -0.25) is 24.8 Å². The number of non-ortho nitro benzene ring substituents is 1. The summed E-state index contributed by atoms with van der Waals surface area (Å²) in [5, 5.41) is 11.3. The number of hydrogen-bond donors (Lipinski definition) is 0. The number of thioether (sulfide) groups is 1. The Morgan fingerprint density at radius 2 is 2.15 bits per heavy atom. The zero-order valence-corrected chi connectivity index (χ0v) is 11.9. The van der Waals surface area contributed by atoms with Crippen LogP contribution in [0.5, 0.6) is 0 Å². The number of nitro benzene ring substituents is 1. The van der Waals surface area contributed by atoms with E-state index in [4.69, 9.17) is 0 Å². The molecule has 2 rings (SSSR count). The zero-order chi connectivity index (χ0) is 14.5. The summed E-state index contributed by atoms with van der Waals surface area (Å²) in [6.45, 7) is 3.28. The first-order valence-corrected chi connectivity index (χ1v) is 7.31. The first-order valence-electron chi connectivity index (χ1n) is 6.32. The third-order valence-electron chi connectivity index (χ3n) is 2.88. The molecule has 0 radical (unpaired) electrons. The molecule has 0 aliphatic carbocycles. The standard InChI is InChI=1S/C13H15N3O3S/c1-2-20-13-14-7-8-15(13)12(17)9-10-3-5-11(6-4-10)16(18)19/h3-6H,2,7-9H2,1H3. The van der Waals surface area contributed by atoms with E-state index in [1.165, 1.54) is 12.1 Å². The Bertz CT molecular complexity index is 542. The Labute approximate surface area is 121 Å². The van der Waals surface area contributed by atoms with Crippen LogP contribution >= 0.6 is 11.8 Å². The molecule has 1 amide bonds. The summed E-state index contributed by atoms with van der Waals surface area (Å²) in [7, 11) is 0. The number of carbonyl (C=O) groups excluding carboxylic acids is 1. The first-order chi connectivity index (χ1) is 9.61. The lowest BCUT2D eigenvalue weighted by atomic mass is 10.1. The lowest BCUT2D eigenvalue weighted by Crippen LogP contribution is -2.34. The van der Waals surface area contributed by atoms with Gasteiger partial charge in [-0.2, -0.15) is 0 Å². The molecule has 1 heterocycles. The smallest absolute Gasteiger partial charge is 0.269 e. The summed E-state index contributed by atoms with van der Waals surface area (Å²) in [4.78, 5) is 28.3. The average molecular weight is 293 g/mol. The van der Waals surface area contributed by atoms with Crippen molar-refractivity contribution in [3.8, 4) is 0 Å². The van der Waals surface area contributed by atoms with Crippen LogP contribution in [0.4, 0.5) is 5.69 Å². The predicted molar refractivity (Wildman–Crippen MR) is 78.9 cm³/mol. The fourth-order valence-corrected chi connectivity index (χ4v) is 2.71. The summed E-state index contributed by atoms with van der Waals surface area (Å²) in [5.74, 6) is 0.858. The van der Waals surface area contributed by atoms with Crippen molar-refractivity contribution in [2.24, 2.45) is 4.99 Å². The number of nitrogens with zero attached hydrogens (tertiary/aromatic N) is 3. The second kappa shape index (κ2) is 6.51. The maximum atomic E-state index is 12.2. The van der Waals surface area contributed by atoms with Gasteiger partial charge in [-0.15, -0.1) is 0 Å². The van der Waals surface area contributed by atoms with Crippen molar-refractivity contribution in [3.63, 3.8) is 0 Å². The average Bonchev–Trinajstić information content (AvgIpc) is 2.88. The van der Waals surface area contributed by atoms with Crippen LogP contribution in [0.15, 0.2) is 29.3 Å². The third kappa shape index (κ3) is 3.36. The van der Waals surface area contributed by atoms with Gasteiger partial charge in [0.1, 0.15) is 0 Å². The minimum Gasteiger partial charge on any atom is -0.289 e. The highest BCUT2D eigenvalue weighted by atomic mass is 32.2. The minimum atomic E-state index is -0.450. The van der Waals surface area contributed by atoms with Crippen LogP contribution in [0.3, 0.4) is 0 Å². The van der Waals surface area contributed by atoms with Gasteiger partial charge in [0.15, 0.2) is 5.17 Å². The molecule has 0 atom stereocenters. The fourth-order valence-electron chi connectivity index (χ4n) is 1.92. The molecule has 0 saturated carbocycles. The quantitative estimate of drug-likeness (QED) is 0.629. The van der Waals surface area contributed by atoms with Crippen molar-refractivity contribution in [3.05, 3.63) is 39.9 Å². The summed E-state index contributed by atoms with van der Waals surface area (Å²) in [6, 6.07) is 6.08. The van der Waals surface area contributed by atoms with Gasteiger partial charge in [-0.05, 0) is 11.3 Å². The van der Waals surface area contributed by atoms with E-state index in [9.17, 15) is 14.9 Å². The molecule has 0 spiro atoms. The fraction of sp³-hybridized carbons (Fsp3) is 0.385. The first kappa shape index (κ1) is 14.5. The molecule has 7 heteroatoms. The minimum absolute atomic E-state index is 0.0175. The van der Waals surface area contributed by atoms with Crippen molar-refractivity contribution in [1.82, 2.24) is 4.90 Å². The van der Waals surface area contributed by atoms with Crippen LogP contribution in [0.2, 0.25) is 0 Å². The molecule has 1 aliphatic heterocycles. The highest BCUT2D eigenvalue weighted by molar-refractivity contribution is 8.13. The summed E-state index contributed by atoms with van der Waals surface area (Å²) < 4.78 is 0. The van der Waals surface area contributed by atoms with Crippen molar-refractivity contribution in [1.29, 1.82) is 0 Å². The number of nitro groups is 1. The van der Waals surface area contributed by atoms with Gasteiger partial charge in [0.2, 0.25) is 5.91 Å². The lowest BCUT2D eigenvalue weighted by Gasteiger charge is -2.17. The van der Waals surface area contributed by atoms with Crippen molar-refractivity contribution < 1.29 is 9.72 Å². The molecule has 0 fully saturated rings. The Hall–Kier alpha value is -1.89. The molecular formula is C13H15N3O3S. The van der Waals surface area contributed by atoms with Crippen LogP contribution in [0.1, 0.15) is 12.5 Å². The molecule has 1 aromatic carbocycles. The SMILES string of the molecule is CCSC1=NCCN1C(=O)Cc1ccc([N+](=O)[O-])cc1. The van der Waals surface area contributed by atoms with Gasteiger partial charge >= 0.3 is 0 Å². The van der Waals surface area contributed by atoms with E-state index in [0.717, 1.165) is 16.5 Å². The molecule has 6 nitrogen and oxygen atoms in total. The third-order valence-corrected chi connectivity index (χ3v) is 3.77. The second-order valence-corrected chi connectivity index (χ2v) is 5.47. The molecule has 0 aromatic heterocycles. The number of rotatable bonds is 4. The van der Waals surface area contributed by atoms with E-state index in [0.29, 0.717) is 13.1 Å².